The van der Waals surface area contributed by atoms with E-state index in [0.717, 1.165) is 31.6 Å². The molecule has 0 saturated heterocycles. The second kappa shape index (κ2) is 5.55. The van der Waals surface area contributed by atoms with Crippen LogP contribution >= 0.6 is 0 Å². The summed E-state index contributed by atoms with van der Waals surface area (Å²) in [6.07, 6.45) is 3.56. The number of nitrogens with zero attached hydrogens (tertiary/aromatic N) is 4. The van der Waals surface area contributed by atoms with Crippen LogP contribution in [0.15, 0.2) is 0 Å². The Labute approximate surface area is 102 Å². The molecular weight excluding hydrogens is 218 g/mol. The minimum absolute atomic E-state index is 0.357. The summed E-state index contributed by atoms with van der Waals surface area (Å²) >= 11 is 0. The van der Waals surface area contributed by atoms with E-state index in [0.29, 0.717) is 18.2 Å². The fourth-order valence-electron chi connectivity index (χ4n) is 2.26. The fourth-order valence-corrected chi connectivity index (χ4v) is 2.26. The molecule has 6 nitrogen and oxygen atoms in total. The van der Waals surface area contributed by atoms with Gasteiger partial charge < -0.3 is 10.1 Å². The molecule has 0 radical (unpaired) electrons. The van der Waals surface area contributed by atoms with E-state index in [9.17, 15) is 0 Å². The standard InChI is InChI=1S/C11H21N5O/c1-8(2)12-7-11-13-14-15-16(11)9-4-5-10(6-9)17-3/h8-10,12H,4-7H2,1-3H3. The van der Waals surface area contributed by atoms with Gasteiger partial charge in [0.05, 0.1) is 18.7 Å². The summed E-state index contributed by atoms with van der Waals surface area (Å²) < 4.78 is 7.33. The lowest BCUT2D eigenvalue weighted by molar-refractivity contribution is 0.105. The normalized spacial score (nSPS) is 24.7. The molecule has 0 bridgehead atoms. The van der Waals surface area contributed by atoms with E-state index in [-0.39, 0.29) is 0 Å². The van der Waals surface area contributed by atoms with Crippen LogP contribution in [0.2, 0.25) is 0 Å². The minimum Gasteiger partial charge on any atom is -0.381 e. The van der Waals surface area contributed by atoms with Crippen LogP contribution in [-0.4, -0.2) is 39.5 Å². The molecule has 1 fully saturated rings. The maximum absolute atomic E-state index is 5.38. The molecule has 96 valence electrons. The van der Waals surface area contributed by atoms with Gasteiger partial charge in [-0.05, 0) is 29.7 Å². The number of nitrogens with one attached hydrogen (secondary N) is 1. The van der Waals surface area contributed by atoms with Crippen LogP contribution in [0.4, 0.5) is 0 Å². The predicted octanol–water partition coefficient (Wildman–Crippen LogP) is 0.911. The molecule has 0 aromatic carbocycles. The molecule has 1 aliphatic carbocycles. The fraction of sp³-hybridized carbons (Fsp3) is 0.909. The van der Waals surface area contributed by atoms with Gasteiger partial charge in [-0.3, -0.25) is 0 Å². The molecule has 2 rings (SSSR count). The third-order valence-corrected chi connectivity index (χ3v) is 3.27. The molecule has 0 spiro atoms. The van der Waals surface area contributed by atoms with Crippen molar-refractivity contribution in [2.24, 2.45) is 0 Å². The van der Waals surface area contributed by atoms with E-state index in [1.54, 1.807) is 7.11 Å². The van der Waals surface area contributed by atoms with Gasteiger partial charge >= 0.3 is 0 Å². The summed E-state index contributed by atoms with van der Waals surface area (Å²) in [4.78, 5) is 0. The first-order chi connectivity index (χ1) is 8.20. The maximum Gasteiger partial charge on any atom is 0.165 e. The largest absolute Gasteiger partial charge is 0.381 e. The smallest absolute Gasteiger partial charge is 0.165 e. The second-order valence-corrected chi connectivity index (χ2v) is 4.90. The Morgan fingerprint density at radius 2 is 2.29 bits per heavy atom. The van der Waals surface area contributed by atoms with Gasteiger partial charge in [-0.15, -0.1) is 5.10 Å². The van der Waals surface area contributed by atoms with Crippen molar-refractivity contribution < 1.29 is 4.74 Å². The van der Waals surface area contributed by atoms with Crippen LogP contribution < -0.4 is 5.32 Å². The lowest BCUT2D eigenvalue weighted by atomic mass is 10.2. The molecule has 0 aliphatic heterocycles. The second-order valence-electron chi connectivity index (χ2n) is 4.90. The predicted molar refractivity (Wildman–Crippen MR) is 63.5 cm³/mol. The van der Waals surface area contributed by atoms with Crippen LogP contribution in [0.3, 0.4) is 0 Å². The molecule has 17 heavy (non-hydrogen) atoms. The third-order valence-electron chi connectivity index (χ3n) is 3.27. The molecule has 6 heteroatoms. The number of ether oxygens (including phenoxy) is 1. The molecule has 1 saturated carbocycles. The van der Waals surface area contributed by atoms with Crippen molar-refractivity contribution in [3.63, 3.8) is 0 Å². The minimum atomic E-state index is 0.357. The number of hydrogen-bond acceptors (Lipinski definition) is 5. The van der Waals surface area contributed by atoms with E-state index in [2.05, 4.69) is 34.7 Å². The Kier molecular flexibility index (Phi) is 4.06. The van der Waals surface area contributed by atoms with Crippen molar-refractivity contribution in [3.05, 3.63) is 5.82 Å². The highest BCUT2D eigenvalue weighted by Gasteiger charge is 2.28. The van der Waals surface area contributed by atoms with E-state index >= 15 is 0 Å². The Balaban J connectivity index is 1.99. The molecule has 1 aromatic heterocycles. The zero-order chi connectivity index (χ0) is 12.3. The van der Waals surface area contributed by atoms with Crippen molar-refractivity contribution >= 4 is 0 Å². The molecule has 2 atom stereocenters. The van der Waals surface area contributed by atoms with Gasteiger partial charge in [0.15, 0.2) is 5.82 Å². The zero-order valence-electron chi connectivity index (χ0n) is 10.8. The van der Waals surface area contributed by atoms with Crippen molar-refractivity contribution in [1.29, 1.82) is 0 Å². The SMILES string of the molecule is COC1CCC(n2nnnc2CNC(C)C)C1. The van der Waals surface area contributed by atoms with E-state index in [1.807, 2.05) is 4.68 Å². The summed E-state index contributed by atoms with van der Waals surface area (Å²) in [5.41, 5.74) is 0. The number of aromatic nitrogens is 4. The van der Waals surface area contributed by atoms with Crippen LogP contribution in [0.25, 0.3) is 0 Å². The van der Waals surface area contributed by atoms with Gasteiger partial charge in [0.2, 0.25) is 0 Å². The van der Waals surface area contributed by atoms with Gasteiger partial charge in [0, 0.05) is 13.2 Å². The lowest BCUT2D eigenvalue weighted by Gasteiger charge is -2.13. The van der Waals surface area contributed by atoms with Crippen molar-refractivity contribution in [1.82, 2.24) is 25.5 Å². The highest BCUT2D eigenvalue weighted by Crippen LogP contribution is 2.31. The van der Waals surface area contributed by atoms with Crippen LogP contribution in [-0.2, 0) is 11.3 Å². The molecule has 1 heterocycles. The average Bonchev–Trinajstić information content (AvgIpc) is 2.94. The summed E-state index contributed by atoms with van der Waals surface area (Å²) in [5, 5.41) is 15.3. The molecule has 0 amide bonds. The lowest BCUT2D eigenvalue weighted by Crippen LogP contribution is -2.25. The first-order valence-corrected chi connectivity index (χ1v) is 6.23. The quantitative estimate of drug-likeness (QED) is 0.827. The highest BCUT2D eigenvalue weighted by atomic mass is 16.5. The summed E-state index contributed by atoms with van der Waals surface area (Å²) in [5.74, 6) is 0.917. The zero-order valence-corrected chi connectivity index (χ0v) is 10.8. The van der Waals surface area contributed by atoms with Crippen molar-refractivity contribution in [2.75, 3.05) is 7.11 Å². The monoisotopic (exact) mass is 239 g/mol. The number of tetrazole rings is 1. The van der Waals surface area contributed by atoms with Gasteiger partial charge in [0.1, 0.15) is 0 Å². The Bertz CT molecular complexity index is 351. The highest BCUT2D eigenvalue weighted by molar-refractivity contribution is 4.88. The number of methoxy groups -OCH3 is 1. The number of rotatable bonds is 5. The first kappa shape index (κ1) is 12.4. The molecule has 1 aromatic rings. The number of hydrogen-bond donors (Lipinski definition) is 1. The van der Waals surface area contributed by atoms with E-state index in [1.165, 1.54) is 0 Å². The van der Waals surface area contributed by atoms with Crippen molar-refractivity contribution in [3.8, 4) is 0 Å². The van der Waals surface area contributed by atoms with Crippen LogP contribution in [0, 0.1) is 0 Å². The average molecular weight is 239 g/mol. The van der Waals surface area contributed by atoms with Crippen LogP contribution in [0.5, 0.6) is 0 Å². The Morgan fingerprint density at radius 1 is 1.47 bits per heavy atom. The summed E-state index contributed by atoms with van der Waals surface area (Å²) in [7, 11) is 1.77. The van der Waals surface area contributed by atoms with Gasteiger partial charge in [0.25, 0.3) is 0 Å². The molecule has 1 aliphatic rings. The Hall–Kier alpha value is -1.01. The van der Waals surface area contributed by atoms with E-state index in [4.69, 9.17) is 4.74 Å². The molecule has 2 unspecified atom stereocenters. The van der Waals surface area contributed by atoms with E-state index < -0.39 is 0 Å². The van der Waals surface area contributed by atoms with Crippen LogP contribution in [0.1, 0.15) is 45.0 Å². The molecular formula is C11H21N5O. The summed E-state index contributed by atoms with van der Waals surface area (Å²) in [6, 6.07) is 0.828. The van der Waals surface area contributed by atoms with Crippen molar-refractivity contribution in [2.45, 2.75) is 57.8 Å². The van der Waals surface area contributed by atoms with Gasteiger partial charge in [-0.2, -0.15) is 0 Å². The third kappa shape index (κ3) is 3.01. The maximum atomic E-state index is 5.38. The van der Waals surface area contributed by atoms with Gasteiger partial charge in [-0.25, -0.2) is 4.68 Å². The first-order valence-electron chi connectivity index (χ1n) is 6.23. The summed E-state index contributed by atoms with van der Waals surface area (Å²) in [6.45, 7) is 4.95. The van der Waals surface area contributed by atoms with Gasteiger partial charge in [-0.1, -0.05) is 13.8 Å². The Morgan fingerprint density at radius 3 is 2.94 bits per heavy atom. The topological polar surface area (TPSA) is 64.9 Å². The molecule has 1 N–H and O–H groups in total.